The second-order valence-corrected chi connectivity index (χ2v) is 9.83. The Morgan fingerprint density at radius 1 is 1.00 bits per heavy atom. The maximum absolute atomic E-state index is 14.8. The number of hydrogen-bond donors (Lipinski definition) is 0. The highest BCUT2D eigenvalue weighted by Gasteiger charge is 2.30. The number of amides is 1. The number of piperazine rings is 2. The molecule has 0 bridgehead atoms. The van der Waals surface area contributed by atoms with Crippen molar-refractivity contribution in [3.8, 4) is 6.07 Å². The molecule has 3 aromatic rings. The van der Waals surface area contributed by atoms with E-state index in [1.165, 1.54) is 18.3 Å². The zero-order valence-corrected chi connectivity index (χ0v) is 21.4. The van der Waals surface area contributed by atoms with Crippen LogP contribution in [0.1, 0.15) is 28.4 Å². The van der Waals surface area contributed by atoms with Gasteiger partial charge < -0.3 is 14.7 Å². The van der Waals surface area contributed by atoms with Crippen molar-refractivity contribution in [3.05, 3.63) is 89.1 Å². The fraction of sp³-hybridized carbons (Fsp3) is 0.345. The molecule has 2 aromatic carbocycles. The molecule has 9 heteroatoms. The Labute approximate surface area is 221 Å². The van der Waals surface area contributed by atoms with Crippen LogP contribution in [0, 0.1) is 23.0 Å². The summed E-state index contributed by atoms with van der Waals surface area (Å²) < 4.78 is 28.1. The number of benzene rings is 2. The first-order valence-corrected chi connectivity index (χ1v) is 12.9. The Morgan fingerprint density at radius 3 is 2.47 bits per heavy atom. The lowest BCUT2D eigenvalue weighted by Gasteiger charge is -2.40. The molecule has 1 aromatic heterocycles. The molecule has 1 amide bonds. The third kappa shape index (κ3) is 5.46. The van der Waals surface area contributed by atoms with Gasteiger partial charge >= 0.3 is 0 Å². The van der Waals surface area contributed by atoms with Crippen molar-refractivity contribution in [2.75, 3.05) is 55.6 Å². The first kappa shape index (κ1) is 25.6. The molecule has 1 atom stereocenters. The number of aromatic nitrogens is 1. The summed E-state index contributed by atoms with van der Waals surface area (Å²) in [5.74, 6) is -0.570. The average Bonchev–Trinajstić information content (AvgIpc) is 2.94. The first-order valence-electron chi connectivity index (χ1n) is 12.9. The van der Waals surface area contributed by atoms with Gasteiger partial charge in [0.1, 0.15) is 23.5 Å². The summed E-state index contributed by atoms with van der Waals surface area (Å²) in [5.41, 5.74) is 2.60. The molecular weight excluding hydrogens is 486 g/mol. The zero-order valence-electron chi connectivity index (χ0n) is 21.4. The monoisotopic (exact) mass is 516 g/mol. The van der Waals surface area contributed by atoms with E-state index in [1.807, 2.05) is 36.1 Å². The minimum atomic E-state index is -0.522. The second kappa shape index (κ2) is 11.2. The minimum absolute atomic E-state index is 0.0873. The molecule has 0 spiro atoms. The maximum Gasteiger partial charge on any atom is 0.257 e. The molecule has 0 aliphatic carbocycles. The predicted octanol–water partition coefficient (Wildman–Crippen LogP) is 3.90. The van der Waals surface area contributed by atoms with Crippen LogP contribution in [0.5, 0.6) is 0 Å². The van der Waals surface area contributed by atoms with E-state index < -0.39 is 11.6 Å². The van der Waals surface area contributed by atoms with Gasteiger partial charge in [-0.05, 0) is 48.9 Å². The summed E-state index contributed by atoms with van der Waals surface area (Å²) >= 11 is 0. The summed E-state index contributed by atoms with van der Waals surface area (Å²) in [6, 6.07) is 17.5. The summed E-state index contributed by atoms with van der Waals surface area (Å²) in [7, 11) is 0. The minimum Gasteiger partial charge on any atom is -0.368 e. The number of anilines is 2. The van der Waals surface area contributed by atoms with Gasteiger partial charge in [0, 0.05) is 58.4 Å². The Hall–Kier alpha value is -4.03. The van der Waals surface area contributed by atoms with Crippen LogP contribution in [-0.4, -0.2) is 72.5 Å². The lowest BCUT2D eigenvalue weighted by atomic mass is 10.1. The molecule has 0 N–H and O–H groups in total. The van der Waals surface area contributed by atoms with E-state index in [4.69, 9.17) is 0 Å². The smallest absolute Gasteiger partial charge is 0.257 e. The van der Waals surface area contributed by atoms with E-state index in [0.717, 1.165) is 37.4 Å². The number of carbonyl (C=O) groups is 1. The fourth-order valence-electron chi connectivity index (χ4n) is 5.26. The van der Waals surface area contributed by atoms with Crippen LogP contribution < -0.4 is 9.80 Å². The van der Waals surface area contributed by atoms with Crippen molar-refractivity contribution in [3.63, 3.8) is 0 Å². The van der Waals surface area contributed by atoms with Gasteiger partial charge in [0.25, 0.3) is 5.91 Å². The molecule has 196 valence electrons. The number of para-hydroxylation sites is 1. The largest absolute Gasteiger partial charge is 0.368 e. The molecule has 2 aliphatic rings. The van der Waals surface area contributed by atoms with Crippen molar-refractivity contribution < 1.29 is 13.6 Å². The van der Waals surface area contributed by atoms with E-state index in [1.54, 1.807) is 23.1 Å². The Kier molecular flexibility index (Phi) is 7.52. The SMILES string of the molecule is C[C@H]1CN(c2ccc(F)cn2)CCN1C(=O)c1cc(CN2CCN(c3ccccc3C#N)CC2)ccc1F. The molecule has 0 radical (unpaired) electrons. The predicted molar refractivity (Wildman–Crippen MR) is 142 cm³/mol. The van der Waals surface area contributed by atoms with Gasteiger partial charge in [0.2, 0.25) is 0 Å². The van der Waals surface area contributed by atoms with E-state index in [2.05, 4.69) is 20.9 Å². The Balaban J connectivity index is 1.21. The normalized spacial score (nSPS) is 18.4. The number of rotatable bonds is 5. The number of nitriles is 1. The number of hydrogen-bond acceptors (Lipinski definition) is 6. The third-order valence-corrected chi connectivity index (χ3v) is 7.33. The highest BCUT2D eigenvalue weighted by Crippen LogP contribution is 2.24. The molecule has 0 saturated carbocycles. The quantitative estimate of drug-likeness (QED) is 0.513. The number of nitrogens with zero attached hydrogens (tertiary/aromatic N) is 6. The number of halogens is 2. The second-order valence-electron chi connectivity index (χ2n) is 9.83. The van der Waals surface area contributed by atoms with Crippen molar-refractivity contribution in [1.82, 2.24) is 14.8 Å². The maximum atomic E-state index is 14.8. The van der Waals surface area contributed by atoms with Gasteiger partial charge in [0.05, 0.1) is 23.0 Å². The molecule has 2 fully saturated rings. The van der Waals surface area contributed by atoms with Crippen molar-refractivity contribution >= 4 is 17.4 Å². The number of pyridine rings is 1. The topological polar surface area (TPSA) is 66.7 Å². The van der Waals surface area contributed by atoms with Crippen LogP contribution in [0.15, 0.2) is 60.8 Å². The van der Waals surface area contributed by atoms with E-state index >= 15 is 0 Å². The molecule has 5 rings (SSSR count). The van der Waals surface area contributed by atoms with Crippen molar-refractivity contribution in [1.29, 1.82) is 5.26 Å². The Morgan fingerprint density at radius 2 is 1.76 bits per heavy atom. The van der Waals surface area contributed by atoms with Crippen LogP contribution in [0.2, 0.25) is 0 Å². The van der Waals surface area contributed by atoms with Gasteiger partial charge in [-0.25, -0.2) is 13.8 Å². The van der Waals surface area contributed by atoms with Crippen molar-refractivity contribution in [2.24, 2.45) is 0 Å². The van der Waals surface area contributed by atoms with E-state index in [0.29, 0.717) is 37.6 Å². The molecule has 2 saturated heterocycles. The standard InChI is InChI=1S/C29H30F2N6O/c1-21-19-36(28-9-7-24(30)18-33-28)14-15-37(21)29(38)25-16-22(6-8-26(25)31)20-34-10-12-35(13-11-34)27-5-3-2-4-23(27)17-32/h2-9,16,18,21H,10-15,19-20H2,1H3/t21-/m0/s1. The summed E-state index contributed by atoms with van der Waals surface area (Å²) in [4.78, 5) is 25.7. The summed E-state index contributed by atoms with van der Waals surface area (Å²) in [6.45, 7) is 7.22. The molecule has 38 heavy (non-hydrogen) atoms. The Bertz CT molecular complexity index is 1330. The highest BCUT2D eigenvalue weighted by molar-refractivity contribution is 5.95. The van der Waals surface area contributed by atoms with Crippen LogP contribution in [0.4, 0.5) is 20.3 Å². The van der Waals surface area contributed by atoms with Gasteiger partial charge in [-0.15, -0.1) is 0 Å². The van der Waals surface area contributed by atoms with Crippen molar-refractivity contribution in [2.45, 2.75) is 19.5 Å². The fourth-order valence-corrected chi connectivity index (χ4v) is 5.26. The van der Waals surface area contributed by atoms with Crippen LogP contribution in [0.3, 0.4) is 0 Å². The first-order chi connectivity index (χ1) is 18.4. The number of carbonyl (C=O) groups excluding carboxylic acids is 1. The third-order valence-electron chi connectivity index (χ3n) is 7.33. The molecule has 0 unspecified atom stereocenters. The van der Waals surface area contributed by atoms with Gasteiger partial charge in [-0.3, -0.25) is 9.69 Å². The van der Waals surface area contributed by atoms with Gasteiger partial charge in [-0.1, -0.05) is 18.2 Å². The molecular formula is C29H30F2N6O. The summed E-state index contributed by atoms with van der Waals surface area (Å²) in [6.07, 6.45) is 1.18. The van der Waals surface area contributed by atoms with E-state index in [-0.39, 0.29) is 17.5 Å². The average molecular weight is 517 g/mol. The van der Waals surface area contributed by atoms with Gasteiger partial charge in [0.15, 0.2) is 0 Å². The molecule has 2 aliphatic heterocycles. The molecule has 7 nitrogen and oxygen atoms in total. The lowest BCUT2D eigenvalue weighted by molar-refractivity contribution is 0.0668. The molecule has 3 heterocycles. The highest BCUT2D eigenvalue weighted by atomic mass is 19.1. The van der Waals surface area contributed by atoms with Crippen LogP contribution >= 0.6 is 0 Å². The van der Waals surface area contributed by atoms with E-state index in [9.17, 15) is 18.8 Å². The van der Waals surface area contributed by atoms with Crippen LogP contribution in [-0.2, 0) is 6.54 Å². The van der Waals surface area contributed by atoms with Crippen LogP contribution in [0.25, 0.3) is 0 Å². The lowest BCUT2D eigenvalue weighted by Crippen LogP contribution is -2.54. The zero-order chi connectivity index (χ0) is 26.6. The summed E-state index contributed by atoms with van der Waals surface area (Å²) in [5, 5.41) is 9.41. The van der Waals surface area contributed by atoms with Gasteiger partial charge in [-0.2, -0.15) is 5.26 Å².